The molecule has 3 heteroatoms. The molecule has 3 nitrogen and oxygen atoms in total. The number of nitrogens with one attached hydrogen (secondary N) is 1. The second-order valence-corrected chi connectivity index (χ2v) is 8.06. The molecule has 5 unspecified atom stereocenters. The van der Waals surface area contributed by atoms with Gasteiger partial charge in [0.25, 0.3) is 0 Å². The molecule has 122 valence electrons. The number of hydrogen-bond donors (Lipinski definition) is 1. The number of benzene rings is 2. The fourth-order valence-electron chi connectivity index (χ4n) is 5.54. The van der Waals surface area contributed by atoms with E-state index < -0.39 is 5.79 Å². The Morgan fingerprint density at radius 1 is 1.00 bits per heavy atom. The molecule has 3 aliphatic carbocycles. The molecule has 0 radical (unpaired) electrons. The predicted octanol–water partition coefficient (Wildman–Crippen LogP) is 3.66. The van der Waals surface area contributed by atoms with E-state index in [1.165, 1.54) is 27.5 Å². The second-order valence-electron chi connectivity index (χ2n) is 8.06. The summed E-state index contributed by atoms with van der Waals surface area (Å²) < 4.78 is 12.8. The highest BCUT2D eigenvalue weighted by Crippen LogP contribution is 2.61. The van der Waals surface area contributed by atoms with Gasteiger partial charge in [-0.3, -0.25) is 0 Å². The van der Waals surface area contributed by atoms with Crippen LogP contribution in [-0.2, 0) is 9.47 Å². The molecule has 2 fully saturated rings. The highest BCUT2D eigenvalue weighted by Gasteiger charge is 2.61. The van der Waals surface area contributed by atoms with Crippen molar-refractivity contribution in [2.75, 3.05) is 6.54 Å². The third-order valence-electron chi connectivity index (χ3n) is 6.32. The molecular weight excluding hydrogens is 298 g/mol. The van der Waals surface area contributed by atoms with Crippen molar-refractivity contribution in [3.8, 4) is 0 Å². The molecule has 0 spiro atoms. The molecule has 0 amide bonds. The lowest BCUT2D eigenvalue weighted by molar-refractivity contribution is -0.147. The zero-order valence-corrected chi connectivity index (χ0v) is 14.0. The van der Waals surface area contributed by atoms with Crippen LogP contribution in [0.15, 0.2) is 48.2 Å². The van der Waals surface area contributed by atoms with Gasteiger partial charge in [-0.25, -0.2) is 0 Å². The van der Waals surface area contributed by atoms with Crippen LogP contribution in [0.1, 0.15) is 36.8 Å². The molecular formula is C21H21NO2. The summed E-state index contributed by atoms with van der Waals surface area (Å²) in [7, 11) is 0. The lowest BCUT2D eigenvalue weighted by Crippen LogP contribution is -2.49. The van der Waals surface area contributed by atoms with Crippen molar-refractivity contribution in [2.45, 2.75) is 43.7 Å². The first-order chi connectivity index (χ1) is 11.6. The van der Waals surface area contributed by atoms with Crippen LogP contribution >= 0.6 is 0 Å². The summed E-state index contributed by atoms with van der Waals surface area (Å²) in [6.45, 7) is 5.12. The van der Waals surface area contributed by atoms with Gasteiger partial charge in [0.2, 0.25) is 0 Å². The van der Waals surface area contributed by atoms with Crippen LogP contribution in [-0.4, -0.2) is 24.5 Å². The summed E-state index contributed by atoms with van der Waals surface area (Å²) in [5, 5.41) is 6.13. The van der Waals surface area contributed by atoms with Gasteiger partial charge in [0.1, 0.15) is 0 Å². The van der Waals surface area contributed by atoms with Gasteiger partial charge in [-0.05, 0) is 47.5 Å². The van der Waals surface area contributed by atoms with E-state index in [4.69, 9.17) is 9.47 Å². The fraction of sp³-hybridized carbons (Fsp3) is 0.429. The second kappa shape index (κ2) is 4.22. The van der Waals surface area contributed by atoms with E-state index in [1.807, 2.05) is 13.8 Å². The highest BCUT2D eigenvalue weighted by atomic mass is 16.8. The van der Waals surface area contributed by atoms with E-state index in [1.54, 1.807) is 0 Å². The molecule has 5 atom stereocenters. The largest absolute Gasteiger partial charge is 0.390 e. The molecule has 1 saturated heterocycles. The summed E-state index contributed by atoms with van der Waals surface area (Å²) in [6.07, 6.45) is 2.55. The Morgan fingerprint density at radius 2 is 1.71 bits per heavy atom. The van der Waals surface area contributed by atoms with E-state index >= 15 is 0 Å². The summed E-state index contributed by atoms with van der Waals surface area (Å²) >= 11 is 0. The predicted molar refractivity (Wildman–Crippen MR) is 92.8 cm³/mol. The Kier molecular flexibility index (Phi) is 2.36. The maximum atomic E-state index is 6.39. The molecule has 2 heterocycles. The minimum absolute atomic E-state index is 0.140. The topological polar surface area (TPSA) is 30.5 Å². The summed E-state index contributed by atoms with van der Waals surface area (Å²) in [5.74, 6) is 0.770. The van der Waals surface area contributed by atoms with E-state index in [-0.39, 0.29) is 12.2 Å². The standard InChI is InChI=1S/C21H21NO2/c1-21(2)23-19-17-13-7-11-5-3-4-6-12(11)8-14(13)18(20(19)24-21)16-10-22-9-15(16)17/h3-9,16-20,22H,10H2,1-2H3. The fourth-order valence-corrected chi connectivity index (χ4v) is 5.54. The van der Waals surface area contributed by atoms with Crippen LogP contribution in [0.5, 0.6) is 0 Å². The SMILES string of the molecule is CC1(C)OC2C3C4=CNCC4C(c4cc5ccccc5cc43)C2O1. The normalized spacial score (nSPS) is 37.6. The van der Waals surface area contributed by atoms with E-state index in [2.05, 4.69) is 47.9 Å². The maximum Gasteiger partial charge on any atom is 0.163 e. The van der Waals surface area contributed by atoms with Crippen molar-refractivity contribution in [2.24, 2.45) is 5.92 Å². The van der Waals surface area contributed by atoms with Crippen molar-refractivity contribution in [1.29, 1.82) is 0 Å². The Bertz CT molecular complexity index is 900. The first kappa shape index (κ1) is 13.5. The van der Waals surface area contributed by atoms with Crippen LogP contribution in [0, 0.1) is 5.92 Å². The van der Waals surface area contributed by atoms with Gasteiger partial charge in [0.05, 0.1) is 12.2 Å². The van der Waals surface area contributed by atoms with Crippen LogP contribution in [0.2, 0.25) is 0 Å². The van der Waals surface area contributed by atoms with Crippen molar-refractivity contribution in [3.63, 3.8) is 0 Å². The van der Waals surface area contributed by atoms with E-state index in [0.29, 0.717) is 17.8 Å². The Morgan fingerprint density at radius 3 is 2.50 bits per heavy atom. The van der Waals surface area contributed by atoms with Crippen molar-refractivity contribution in [3.05, 3.63) is 59.3 Å². The molecule has 5 aliphatic rings. The molecule has 2 aliphatic heterocycles. The molecule has 2 aromatic carbocycles. The Balaban J connectivity index is 1.63. The summed E-state index contributed by atoms with van der Waals surface area (Å²) in [6, 6.07) is 13.5. The van der Waals surface area contributed by atoms with E-state index in [0.717, 1.165) is 6.54 Å². The molecule has 24 heavy (non-hydrogen) atoms. The van der Waals surface area contributed by atoms with E-state index in [9.17, 15) is 0 Å². The lowest BCUT2D eigenvalue weighted by Gasteiger charge is -2.49. The van der Waals surface area contributed by atoms with Gasteiger partial charge in [-0.2, -0.15) is 0 Å². The van der Waals surface area contributed by atoms with Gasteiger partial charge < -0.3 is 14.8 Å². The highest BCUT2D eigenvalue weighted by molar-refractivity contribution is 5.85. The van der Waals surface area contributed by atoms with Crippen LogP contribution in [0.4, 0.5) is 0 Å². The molecule has 1 N–H and O–H groups in total. The third-order valence-corrected chi connectivity index (χ3v) is 6.32. The third kappa shape index (κ3) is 1.55. The first-order valence-electron chi connectivity index (χ1n) is 8.94. The maximum absolute atomic E-state index is 6.39. The summed E-state index contributed by atoms with van der Waals surface area (Å²) in [5.41, 5.74) is 4.45. The number of fused-ring (bicyclic) bond motifs is 1. The number of ether oxygens (including phenoxy) is 2. The zero-order chi connectivity index (χ0) is 16.1. The van der Waals surface area contributed by atoms with Crippen LogP contribution in [0.3, 0.4) is 0 Å². The van der Waals surface area contributed by atoms with Crippen LogP contribution in [0.25, 0.3) is 10.8 Å². The molecule has 2 bridgehead atoms. The van der Waals surface area contributed by atoms with Crippen LogP contribution < -0.4 is 5.32 Å². The zero-order valence-electron chi connectivity index (χ0n) is 14.0. The minimum atomic E-state index is -0.486. The van der Waals surface area contributed by atoms with Crippen molar-refractivity contribution >= 4 is 10.8 Å². The monoisotopic (exact) mass is 319 g/mol. The smallest absolute Gasteiger partial charge is 0.163 e. The molecule has 1 saturated carbocycles. The Labute approximate surface area is 141 Å². The molecule has 7 rings (SSSR count). The average molecular weight is 319 g/mol. The van der Waals surface area contributed by atoms with Crippen molar-refractivity contribution < 1.29 is 9.47 Å². The minimum Gasteiger partial charge on any atom is -0.390 e. The average Bonchev–Trinajstić information content (AvgIpc) is 3.15. The molecule has 2 aromatic rings. The van der Waals surface area contributed by atoms with Gasteiger partial charge in [-0.15, -0.1) is 0 Å². The van der Waals surface area contributed by atoms with Gasteiger partial charge in [0.15, 0.2) is 5.79 Å². The molecule has 0 aromatic heterocycles. The lowest BCUT2D eigenvalue weighted by atomic mass is 9.57. The quantitative estimate of drug-likeness (QED) is 0.804. The van der Waals surface area contributed by atoms with Gasteiger partial charge in [-0.1, -0.05) is 36.4 Å². The number of rotatable bonds is 0. The Hall–Kier alpha value is -1.84. The van der Waals surface area contributed by atoms with Gasteiger partial charge in [0, 0.05) is 24.3 Å². The van der Waals surface area contributed by atoms with Gasteiger partial charge >= 0.3 is 0 Å². The summed E-state index contributed by atoms with van der Waals surface area (Å²) in [4.78, 5) is 0. The first-order valence-corrected chi connectivity index (χ1v) is 8.94. The van der Waals surface area contributed by atoms with Crippen molar-refractivity contribution in [1.82, 2.24) is 5.32 Å². The number of hydrogen-bond acceptors (Lipinski definition) is 3.